The summed E-state index contributed by atoms with van der Waals surface area (Å²) in [7, 11) is 3.31. The van der Waals surface area contributed by atoms with Gasteiger partial charge in [-0.15, -0.1) is 0 Å². The minimum absolute atomic E-state index is 0.0118. The third kappa shape index (κ3) is 4.94. The Balaban J connectivity index is 1.68. The number of thioether (sulfide) groups is 1. The fraction of sp³-hybridized carbons (Fsp3) is 0.385. The molecule has 1 aromatic heterocycles. The third-order valence-corrected chi connectivity index (χ3v) is 6.82. The second kappa shape index (κ2) is 10.0. The maximum atomic E-state index is 13.8. The van der Waals surface area contributed by atoms with Crippen molar-refractivity contribution in [2.45, 2.75) is 37.4 Å². The summed E-state index contributed by atoms with van der Waals surface area (Å²) in [6.07, 6.45) is 0.811. The number of fused-ring (bicyclic) bond motifs is 3. The summed E-state index contributed by atoms with van der Waals surface area (Å²) in [6, 6.07) is 15.7. The molecule has 2 aromatic carbocycles. The van der Waals surface area contributed by atoms with Crippen LogP contribution >= 0.6 is 11.8 Å². The lowest BCUT2D eigenvalue weighted by molar-refractivity contribution is 0.218. The van der Waals surface area contributed by atoms with Crippen LogP contribution in [0.1, 0.15) is 25.0 Å². The molecule has 0 spiro atoms. The lowest BCUT2D eigenvalue weighted by atomic mass is 9.72. The zero-order valence-corrected chi connectivity index (χ0v) is 20.4. The van der Waals surface area contributed by atoms with Gasteiger partial charge in [-0.25, -0.2) is 4.98 Å². The van der Waals surface area contributed by atoms with Gasteiger partial charge in [0.1, 0.15) is 18.1 Å². The fourth-order valence-electron chi connectivity index (χ4n) is 4.26. The van der Waals surface area contributed by atoms with Crippen molar-refractivity contribution in [2.24, 2.45) is 0 Å². The van der Waals surface area contributed by atoms with Crippen molar-refractivity contribution < 1.29 is 14.2 Å². The quantitative estimate of drug-likeness (QED) is 0.262. The van der Waals surface area contributed by atoms with Crippen LogP contribution in [0.2, 0.25) is 0 Å². The smallest absolute Gasteiger partial charge is 0.258 e. The Bertz CT molecular complexity index is 1170. The van der Waals surface area contributed by atoms with Crippen LogP contribution in [0, 0.1) is 0 Å². The summed E-state index contributed by atoms with van der Waals surface area (Å²) in [5.74, 6) is 2.22. The van der Waals surface area contributed by atoms with Crippen LogP contribution in [-0.4, -0.2) is 42.7 Å². The molecule has 0 saturated heterocycles. The van der Waals surface area contributed by atoms with Crippen molar-refractivity contribution in [3.63, 3.8) is 0 Å². The number of rotatable bonds is 9. The van der Waals surface area contributed by atoms with E-state index in [1.54, 1.807) is 18.8 Å². The zero-order chi connectivity index (χ0) is 23.4. The molecule has 3 aromatic rings. The molecule has 0 bridgehead atoms. The highest BCUT2D eigenvalue weighted by atomic mass is 32.2. The van der Waals surface area contributed by atoms with Crippen LogP contribution in [0.15, 0.2) is 58.5 Å². The van der Waals surface area contributed by atoms with E-state index >= 15 is 0 Å². The standard InChI is InChI=1S/C26H30N2O4S/c1-26(2)17-18-7-5-6-8-21(18)23-22(26)24(29)28(25(27-23)33-16-15-30-3)13-14-32-20-11-9-19(31-4)10-12-20/h5-12H,13-17H2,1-4H3. The molecule has 4 rings (SSSR count). The van der Waals surface area contributed by atoms with Gasteiger partial charge >= 0.3 is 0 Å². The molecule has 1 aliphatic carbocycles. The van der Waals surface area contributed by atoms with Gasteiger partial charge in [0.15, 0.2) is 5.16 Å². The van der Waals surface area contributed by atoms with Crippen LogP contribution in [-0.2, 0) is 23.1 Å². The molecule has 1 heterocycles. The number of hydrogen-bond donors (Lipinski definition) is 0. The van der Waals surface area contributed by atoms with E-state index in [4.69, 9.17) is 19.2 Å². The SMILES string of the molecule is COCCSc1nc2c(c(=O)n1CCOc1ccc(OC)cc1)C(C)(C)Cc1ccccc1-2. The van der Waals surface area contributed by atoms with Crippen LogP contribution in [0.3, 0.4) is 0 Å². The van der Waals surface area contributed by atoms with Crippen molar-refractivity contribution >= 4 is 11.8 Å². The van der Waals surface area contributed by atoms with Crippen LogP contribution < -0.4 is 15.0 Å². The first-order valence-corrected chi connectivity index (χ1v) is 12.1. The van der Waals surface area contributed by atoms with Gasteiger partial charge in [0.05, 0.1) is 26.0 Å². The molecule has 174 valence electrons. The first-order valence-electron chi connectivity index (χ1n) is 11.1. The van der Waals surface area contributed by atoms with E-state index in [-0.39, 0.29) is 11.0 Å². The second-order valence-electron chi connectivity index (χ2n) is 8.66. The number of hydrogen-bond acceptors (Lipinski definition) is 6. The van der Waals surface area contributed by atoms with Crippen LogP contribution in [0.4, 0.5) is 0 Å². The molecule has 0 fully saturated rings. The van der Waals surface area contributed by atoms with Crippen molar-refractivity contribution in [1.82, 2.24) is 9.55 Å². The number of benzene rings is 2. The average Bonchev–Trinajstić information content (AvgIpc) is 2.80. The van der Waals surface area contributed by atoms with Gasteiger partial charge < -0.3 is 14.2 Å². The van der Waals surface area contributed by atoms with Crippen LogP contribution in [0.25, 0.3) is 11.3 Å². The summed E-state index contributed by atoms with van der Waals surface area (Å²) in [5, 5.41) is 0.696. The third-order valence-electron chi connectivity index (χ3n) is 5.88. The van der Waals surface area contributed by atoms with E-state index in [2.05, 4.69) is 26.0 Å². The van der Waals surface area contributed by atoms with Gasteiger partial charge in [-0.2, -0.15) is 0 Å². The van der Waals surface area contributed by atoms with Gasteiger partial charge in [-0.05, 0) is 36.2 Å². The minimum atomic E-state index is -0.303. The Morgan fingerprint density at radius 3 is 2.48 bits per heavy atom. The molecular weight excluding hydrogens is 436 g/mol. The lowest BCUT2D eigenvalue weighted by Crippen LogP contribution is -2.39. The van der Waals surface area contributed by atoms with E-state index < -0.39 is 0 Å². The molecule has 0 atom stereocenters. The molecule has 0 unspecified atom stereocenters. The number of aromatic nitrogens is 2. The monoisotopic (exact) mass is 466 g/mol. The Morgan fingerprint density at radius 1 is 1.03 bits per heavy atom. The first kappa shape index (κ1) is 23.4. The van der Waals surface area contributed by atoms with E-state index in [9.17, 15) is 4.79 Å². The highest BCUT2D eigenvalue weighted by Crippen LogP contribution is 2.40. The van der Waals surface area contributed by atoms with Gasteiger partial charge in [-0.1, -0.05) is 49.9 Å². The predicted octanol–water partition coefficient (Wildman–Crippen LogP) is 4.57. The first-order chi connectivity index (χ1) is 15.9. The summed E-state index contributed by atoms with van der Waals surface area (Å²) in [4.78, 5) is 18.9. The van der Waals surface area contributed by atoms with Gasteiger partial charge in [0.2, 0.25) is 0 Å². The summed E-state index contributed by atoms with van der Waals surface area (Å²) < 4.78 is 18.1. The van der Waals surface area contributed by atoms with E-state index in [1.165, 1.54) is 17.3 Å². The number of ether oxygens (including phenoxy) is 3. The second-order valence-corrected chi connectivity index (χ2v) is 9.72. The predicted molar refractivity (Wildman–Crippen MR) is 132 cm³/mol. The Morgan fingerprint density at radius 2 is 1.76 bits per heavy atom. The fourth-order valence-corrected chi connectivity index (χ4v) is 5.18. The van der Waals surface area contributed by atoms with E-state index in [0.717, 1.165) is 34.7 Å². The van der Waals surface area contributed by atoms with Gasteiger partial charge in [0.25, 0.3) is 5.56 Å². The minimum Gasteiger partial charge on any atom is -0.497 e. The van der Waals surface area contributed by atoms with Crippen molar-refractivity contribution in [1.29, 1.82) is 0 Å². The maximum Gasteiger partial charge on any atom is 0.258 e. The Kier molecular flexibility index (Phi) is 7.10. The molecule has 0 aliphatic heterocycles. The summed E-state index contributed by atoms with van der Waals surface area (Å²) in [5.41, 5.74) is 3.58. The molecule has 0 amide bonds. The molecule has 0 radical (unpaired) electrons. The number of nitrogens with zero attached hydrogens (tertiary/aromatic N) is 2. The molecule has 0 saturated carbocycles. The summed E-state index contributed by atoms with van der Waals surface area (Å²) in [6.45, 7) is 5.61. The lowest BCUT2D eigenvalue weighted by Gasteiger charge is -2.33. The van der Waals surface area contributed by atoms with E-state index in [0.29, 0.717) is 30.7 Å². The highest BCUT2D eigenvalue weighted by Gasteiger charge is 2.36. The van der Waals surface area contributed by atoms with Gasteiger partial charge in [-0.3, -0.25) is 9.36 Å². The zero-order valence-electron chi connectivity index (χ0n) is 19.6. The Labute approximate surface area is 198 Å². The van der Waals surface area contributed by atoms with Crippen molar-refractivity contribution in [3.05, 3.63) is 70.0 Å². The molecule has 1 aliphatic rings. The van der Waals surface area contributed by atoms with Crippen molar-refractivity contribution in [2.75, 3.05) is 33.2 Å². The topological polar surface area (TPSA) is 62.6 Å². The molecular formula is C26H30N2O4S. The highest BCUT2D eigenvalue weighted by molar-refractivity contribution is 7.99. The Hall–Kier alpha value is -2.77. The normalized spacial score (nSPS) is 13.8. The maximum absolute atomic E-state index is 13.8. The average molecular weight is 467 g/mol. The van der Waals surface area contributed by atoms with Crippen LogP contribution in [0.5, 0.6) is 11.5 Å². The van der Waals surface area contributed by atoms with E-state index in [1.807, 2.05) is 36.4 Å². The molecule has 33 heavy (non-hydrogen) atoms. The van der Waals surface area contributed by atoms with Crippen molar-refractivity contribution in [3.8, 4) is 22.8 Å². The molecule has 6 nitrogen and oxygen atoms in total. The largest absolute Gasteiger partial charge is 0.497 e. The molecule has 7 heteroatoms. The number of methoxy groups -OCH3 is 2. The molecule has 0 N–H and O–H groups in total. The summed E-state index contributed by atoms with van der Waals surface area (Å²) >= 11 is 1.54. The van der Waals surface area contributed by atoms with Gasteiger partial charge in [0, 0.05) is 29.4 Å².